The lowest BCUT2D eigenvalue weighted by Crippen LogP contribution is -2.09. The van der Waals surface area contributed by atoms with E-state index in [9.17, 15) is 9.90 Å². The van der Waals surface area contributed by atoms with Crippen LogP contribution in [0, 0.1) is 0 Å². The number of anilines is 1. The molecule has 1 aromatic heterocycles. The summed E-state index contributed by atoms with van der Waals surface area (Å²) in [6.45, 7) is 0. The highest BCUT2D eigenvalue weighted by Crippen LogP contribution is 2.05. The third-order valence-electron chi connectivity index (χ3n) is 1.90. The Balaban J connectivity index is 2.12. The van der Waals surface area contributed by atoms with Crippen LogP contribution in [-0.2, 0) is 4.79 Å². The summed E-state index contributed by atoms with van der Waals surface area (Å²) < 4.78 is 0. The summed E-state index contributed by atoms with van der Waals surface area (Å²) in [5.74, 6) is 0.151. The van der Waals surface area contributed by atoms with Crippen LogP contribution in [0.3, 0.4) is 0 Å². The number of aromatic nitrogens is 1. The SMILES string of the molecule is O=C1C=C/C(=N\Nc2ccccn2)C(O)=C1. The standard InChI is InChI=1S/C11H9N3O2/c15-8-4-5-9(10(16)7-8)13-14-11-3-1-2-6-12-11/h1-7,16H,(H,12,14)/b13-9+. The van der Waals surface area contributed by atoms with Crippen molar-refractivity contribution in [3.05, 3.63) is 48.4 Å². The largest absolute Gasteiger partial charge is 0.505 e. The van der Waals surface area contributed by atoms with E-state index in [1.54, 1.807) is 18.3 Å². The van der Waals surface area contributed by atoms with Crippen molar-refractivity contribution in [3.8, 4) is 0 Å². The Hall–Kier alpha value is -2.43. The van der Waals surface area contributed by atoms with Crippen molar-refractivity contribution >= 4 is 17.3 Å². The van der Waals surface area contributed by atoms with Gasteiger partial charge in [-0.3, -0.25) is 10.2 Å². The van der Waals surface area contributed by atoms with Gasteiger partial charge in [-0.15, -0.1) is 0 Å². The third kappa shape index (κ3) is 2.33. The zero-order valence-electron chi connectivity index (χ0n) is 8.29. The van der Waals surface area contributed by atoms with Gasteiger partial charge in [-0.25, -0.2) is 4.98 Å². The van der Waals surface area contributed by atoms with E-state index in [0.29, 0.717) is 11.5 Å². The number of hydrazone groups is 1. The molecule has 16 heavy (non-hydrogen) atoms. The predicted molar refractivity (Wildman–Crippen MR) is 60.2 cm³/mol. The predicted octanol–water partition coefficient (Wildman–Crippen LogP) is 1.43. The van der Waals surface area contributed by atoms with Gasteiger partial charge >= 0.3 is 0 Å². The van der Waals surface area contributed by atoms with Gasteiger partial charge in [0.1, 0.15) is 17.3 Å². The van der Waals surface area contributed by atoms with Crippen molar-refractivity contribution in [2.24, 2.45) is 5.10 Å². The van der Waals surface area contributed by atoms with Gasteiger partial charge in [0.25, 0.3) is 0 Å². The number of hydrogen-bond donors (Lipinski definition) is 2. The minimum Gasteiger partial charge on any atom is -0.505 e. The number of nitrogens with zero attached hydrogens (tertiary/aromatic N) is 2. The topological polar surface area (TPSA) is 74.6 Å². The van der Waals surface area contributed by atoms with Crippen LogP contribution in [0.15, 0.2) is 53.5 Å². The molecular formula is C11H9N3O2. The molecular weight excluding hydrogens is 206 g/mol. The second-order valence-electron chi connectivity index (χ2n) is 3.09. The Morgan fingerprint density at radius 2 is 2.19 bits per heavy atom. The molecule has 2 N–H and O–H groups in total. The van der Waals surface area contributed by atoms with E-state index >= 15 is 0 Å². The van der Waals surface area contributed by atoms with E-state index in [-0.39, 0.29) is 11.5 Å². The molecule has 0 radical (unpaired) electrons. The fourth-order valence-electron chi connectivity index (χ4n) is 1.14. The number of aliphatic hydroxyl groups excluding tert-OH is 1. The Morgan fingerprint density at radius 1 is 1.31 bits per heavy atom. The first-order valence-electron chi connectivity index (χ1n) is 4.63. The highest BCUT2D eigenvalue weighted by Gasteiger charge is 2.09. The Bertz CT molecular complexity index is 489. The number of ketones is 1. The second kappa shape index (κ2) is 4.39. The normalized spacial score (nSPS) is 17.4. The molecule has 1 aliphatic carbocycles. The first kappa shape index (κ1) is 10.1. The van der Waals surface area contributed by atoms with E-state index in [4.69, 9.17) is 0 Å². The van der Waals surface area contributed by atoms with Gasteiger partial charge in [-0.2, -0.15) is 5.10 Å². The van der Waals surface area contributed by atoms with Crippen LogP contribution >= 0.6 is 0 Å². The van der Waals surface area contributed by atoms with Gasteiger partial charge in [-0.1, -0.05) is 6.07 Å². The zero-order valence-corrected chi connectivity index (χ0v) is 8.29. The molecule has 0 fully saturated rings. The van der Waals surface area contributed by atoms with Crippen LogP contribution in [0.2, 0.25) is 0 Å². The summed E-state index contributed by atoms with van der Waals surface area (Å²) in [6, 6.07) is 5.34. The number of pyridine rings is 1. The van der Waals surface area contributed by atoms with Gasteiger partial charge in [0.05, 0.1) is 0 Å². The first-order chi connectivity index (χ1) is 7.75. The summed E-state index contributed by atoms with van der Waals surface area (Å²) in [4.78, 5) is 14.9. The molecule has 0 unspecified atom stereocenters. The highest BCUT2D eigenvalue weighted by atomic mass is 16.3. The van der Waals surface area contributed by atoms with Crippen LogP contribution in [0.25, 0.3) is 0 Å². The van der Waals surface area contributed by atoms with Gasteiger partial charge in [-0.05, 0) is 24.3 Å². The number of carbonyl (C=O) groups excluding carboxylic acids is 1. The van der Waals surface area contributed by atoms with E-state index in [2.05, 4.69) is 15.5 Å². The number of nitrogens with one attached hydrogen (secondary N) is 1. The molecule has 0 aromatic carbocycles. The lowest BCUT2D eigenvalue weighted by Gasteiger charge is -2.04. The summed E-state index contributed by atoms with van der Waals surface area (Å²) in [7, 11) is 0. The molecule has 80 valence electrons. The molecule has 0 spiro atoms. The number of carbonyl (C=O) groups is 1. The van der Waals surface area contributed by atoms with Crippen molar-refractivity contribution in [2.45, 2.75) is 0 Å². The molecule has 0 amide bonds. The van der Waals surface area contributed by atoms with Crippen LogP contribution in [-0.4, -0.2) is 21.6 Å². The van der Waals surface area contributed by atoms with Crippen LogP contribution < -0.4 is 5.43 Å². The van der Waals surface area contributed by atoms with Gasteiger partial charge in [0.15, 0.2) is 5.78 Å². The minimum atomic E-state index is -0.255. The number of rotatable bonds is 2. The highest BCUT2D eigenvalue weighted by molar-refractivity contribution is 6.18. The number of aliphatic hydroxyl groups is 1. The summed E-state index contributed by atoms with van der Waals surface area (Å²) in [5, 5.41) is 13.3. The lowest BCUT2D eigenvalue weighted by molar-refractivity contribution is -0.110. The zero-order chi connectivity index (χ0) is 11.4. The second-order valence-corrected chi connectivity index (χ2v) is 3.09. The molecule has 0 atom stereocenters. The summed E-state index contributed by atoms with van der Waals surface area (Å²) >= 11 is 0. The maximum absolute atomic E-state index is 10.9. The first-order valence-corrected chi connectivity index (χ1v) is 4.63. The average molecular weight is 215 g/mol. The molecule has 0 aliphatic heterocycles. The van der Waals surface area contributed by atoms with E-state index in [1.807, 2.05) is 6.07 Å². The molecule has 0 saturated heterocycles. The van der Waals surface area contributed by atoms with E-state index in [0.717, 1.165) is 6.08 Å². The molecule has 5 heteroatoms. The van der Waals surface area contributed by atoms with Crippen molar-refractivity contribution in [1.82, 2.24) is 4.98 Å². The third-order valence-corrected chi connectivity index (χ3v) is 1.90. The Kier molecular flexibility index (Phi) is 2.77. The van der Waals surface area contributed by atoms with E-state index in [1.165, 1.54) is 12.2 Å². The van der Waals surface area contributed by atoms with Crippen molar-refractivity contribution in [1.29, 1.82) is 0 Å². The Morgan fingerprint density at radius 3 is 2.88 bits per heavy atom. The molecule has 2 rings (SSSR count). The van der Waals surface area contributed by atoms with Gasteiger partial charge < -0.3 is 5.11 Å². The molecule has 5 nitrogen and oxygen atoms in total. The lowest BCUT2D eigenvalue weighted by atomic mass is 10.1. The molecule has 1 heterocycles. The van der Waals surface area contributed by atoms with Gasteiger partial charge in [0.2, 0.25) is 0 Å². The maximum atomic E-state index is 10.9. The van der Waals surface area contributed by atoms with Crippen LogP contribution in [0.1, 0.15) is 0 Å². The fourth-order valence-corrected chi connectivity index (χ4v) is 1.14. The molecule has 1 aliphatic rings. The van der Waals surface area contributed by atoms with Gasteiger partial charge in [0, 0.05) is 12.3 Å². The molecule has 0 saturated carbocycles. The molecule has 0 bridgehead atoms. The fraction of sp³-hybridized carbons (Fsp3) is 0. The van der Waals surface area contributed by atoms with Crippen molar-refractivity contribution in [3.63, 3.8) is 0 Å². The van der Waals surface area contributed by atoms with E-state index < -0.39 is 0 Å². The maximum Gasteiger partial charge on any atom is 0.182 e. The quantitative estimate of drug-likeness (QED) is 0.578. The minimum absolute atomic E-state index is 0.157. The van der Waals surface area contributed by atoms with Crippen molar-refractivity contribution in [2.75, 3.05) is 5.43 Å². The summed E-state index contributed by atoms with van der Waals surface area (Å²) in [6.07, 6.45) is 5.50. The average Bonchev–Trinajstić information content (AvgIpc) is 2.29. The van der Waals surface area contributed by atoms with Crippen LogP contribution in [0.4, 0.5) is 5.82 Å². The Labute approximate surface area is 91.8 Å². The smallest absolute Gasteiger partial charge is 0.182 e. The van der Waals surface area contributed by atoms with Crippen LogP contribution in [0.5, 0.6) is 0 Å². The number of allylic oxidation sites excluding steroid dienone is 3. The number of hydrogen-bond acceptors (Lipinski definition) is 5. The van der Waals surface area contributed by atoms with Crippen molar-refractivity contribution < 1.29 is 9.90 Å². The molecule has 1 aromatic rings. The monoisotopic (exact) mass is 215 g/mol. The summed E-state index contributed by atoms with van der Waals surface area (Å²) in [5.41, 5.74) is 2.97.